The number of nitrogens with zero attached hydrogens (tertiary/aromatic N) is 3. The van der Waals surface area contributed by atoms with Crippen LogP contribution in [0.5, 0.6) is 5.75 Å². The Kier molecular flexibility index (Phi) is 7.34. The molecule has 0 aliphatic carbocycles. The van der Waals surface area contributed by atoms with E-state index in [0.29, 0.717) is 31.9 Å². The molecule has 2 heterocycles. The molecule has 12 heteroatoms. The monoisotopic (exact) mass is 537 g/mol. The molecule has 9 nitrogen and oxygen atoms in total. The number of fused-ring (bicyclic) bond motifs is 1. The highest BCUT2D eigenvalue weighted by Crippen LogP contribution is 2.31. The number of carbonyl (C=O) groups excluding carboxylic acids is 1. The number of methoxy groups -OCH3 is 1. The van der Waals surface area contributed by atoms with Crippen molar-refractivity contribution in [2.75, 3.05) is 50.2 Å². The van der Waals surface area contributed by atoms with Gasteiger partial charge in [0, 0.05) is 38.9 Å². The third kappa shape index (κ3) is 5.93. The molecule has 1 aromatic heterocycles. The molecule has 0 atom stereocenters. The number of hydrogen-bond acceptors (Lipinski definition) is 9. The maximum atomic E-state index is 12.6. The normalized spacial score (nSPS) is 14.9. The predicted octanol–water partition coefficient (Wildman–Crippen LogP) is 2.61. The van der Waals surface area contributed by atoms with Gasteiger partial charge in [0.05, 0.1) is 32.9 Å². The van der Waals surface area contributed by atoms with Crippen LogP contribution < -0.4 is 9.64 Å². The van der Waals surface area contributed by atoms with Crippen molar-refractivity contribution < 1.29 is 26.4 Å². The molecule has 0 radical (unpaired) electrons. The van der Waals surface area contributed by atoms with Crippen molar-refractivity contribution in [2.24, 2.45) is 0 Å². The number of rotatable bonds is 8. The number of ether oxygens (including phenoxy) is 1. The minimum Gasteiger partial charge on any atom is -0.497 e. The zero-order chi connectivity index (χ0) is 25.2. The summed E-state index contributed by atoms with van der Waals surface area (Å²) >= 11 is 1.43. The lowest BCUT2D eigenvalue weighted by Gasteiger charge is -2.34. The van der Waals surface area contributed by atoms with Gasteiger partial charge in [-0.1, -0.05) is 11.3 Å². The highest BCUT2D eigenvalue weighted by molar-refractivity contribution is 7.91. The molecule has 35 heavy (non-hydrogen) atoms. The van der Waals surface area contributed by atoms with Crippen LogP contribution >= 0.6 is 11.3 Å². The first-order valence-electron chi connectivity index (χ1n) is 11.1. The quantitative estimate of drug-likeness (QED) is 0.431. The van der Waals surface area contributed by atoms with Gasteiger partial charge in [0.15, 0.2) is 24.8 Å². The number of benzene rings is 2. The van der Waals surface area contributed by atoms with Crippen LogP contribution in [0.25, 0.3) is 10.2 Å². The highest BCUT2D eigenvalue weighted by Gasteiger charge is 2.24. The number of carbonyl (C=O) groups is 1. The number of thiazole rings is 1. The molecule has 188 valence electrons. The van der Waals surface area contributed by atoms with Gasteiger partial charge in [-0.2, -0.15) is 0 Å². The van der Waals surface area contributed by atoms with Crippen molar-refractivity contribution >= 4 is 52.3 Å². The first kappa shape index (κ1) is 25.4. The van der Waals surface area contributed by atoms with Crippen LogP contribution in [0, 0.1) is 0 Å². The molecule has 0 unspecified atom stereocenters. The summed E-state index contributed by atoms with van der Waals surface area (Å²) in [4.78, 5) is 21.6. The maximum Gasteiger partial charge on any atom is 0.222 e. The van der Waals surface area contributed by atoms with Crippen LogP contribution in [0.2, 0.25) is 0 Å². The second kappa shape index (κ2) is 10.1. The van der Waals surface area contributed by atoms with Crippen molar-refractivity contribution in [3.63, 3.8) is 0 Å². The second-order valence-electron chi connectivity index (χ2n) is 8.36. The lowest BCUT2D eigenvalue weighted by atomic mass is 10.2. The summed E-state index contributed by atoms with van der Waals surface area (Å²) in [5.74, 6) is 0.436. The van der Waals surface area contributed by atoms with Crippen molar-refractivity contribution in [1.29, 1.82) is 0 Å². The molecule has 1 aliphatic heterocycles. The SMILES string of the molecule is COc1ccc(S(=O)(=O)CCCC(=O)N2CCN(c3nc4ccc(S(C)(=O)=O)cc4s3)CC2)cc1. The zero-order valence-electron chi connectivity index (χ0n) is 19.5. The van der Waals surface area contributed by atoms with E-state index in [1.165, 1.54) is 36.8 Å². The predicted molar refractivity (Wildman–Crippen MR) is 136 cm³/mol. The third-order valence-electron chi connectivity index (χ3n) is 5.90. The topological polar surface area (TPSA) is 114 Å². The summed E-state index contributed by atoms with van der Waals surface area (Å²) in [5, 5.41) is 0.795. The Labute approximate surface area is 209 Å². The summed E-state index contributed by atoms with van der Waals surface area (Å²) in [7, 11) is -5.23. The van der Waals surface area contributed by atoms with E-state index in [9.17, 15) is 21.6 Å². The Hall–Kier alpha value is -2.70. The molecule has 2 aromatic carbocycles. The fraction of sp³-hybridized carbons (Fsp3) is 0.391. The third-order valence-corrected chi connectivity index (χ3v) is 9.91. The van der Waals surface area contributed by atoms with Crippen molar-refractivity contribution in [3.05, 3.63) is 42.5 Å². The van der Waals surface area contributed by atoms with Crippen molar-refractivity contribution in [2.45, 2.75) is 22.6 Å². The Morgan fingerprint density at radius 1 is 1.00 bits per heavy atom. The Morgan fingerprint density at radius 3 is 2.29 bits per heavy atom. The largest absolute Gasteiger partial charge is 0.497 e. The average Bonchev–Trinajstić information content (AvgIpc) is 3.27. The van der Waals surface area contributed by atoms with Crippen LogP contribution in [0.15, 0.2) is 52.3 Å². The number of piperazine rings is 1. The van der Waals surface area contributed by atoms with Gasteiger partial charge in [0.25, 0.3) is 0 Å². The van der Waals surface area contributed by atoms with Gasteiger partial charge in [0.2, 0.25) is 5.91 Å². The minimum atomic E-state index is -3.46. The fourth-order valence-corrected chi connectivity index (χ4v) is 6.97. The summed E-state index contributed by atoms with van der Waals surface area (Å²) in [6.45, 7) is 2.26. The Balaban J connectivity index is 1.29. The summed E-state index contributed by atoms with van der Waals surface area (Å²) in [5.41, 5.74) is 0.744. The van der Waals surface area contributed by atoms with E-state index in [1.54, 1.807) is 35.2 Å². The molecule has 3 aromatic rings. The molecule has 0 spiro atoms. The summed E-state index contributed by atoms with van der Waals surface area (Å²) in [6, 6.07) is 11.2. The van der Waals surface area contributed by atoms with E-state index < -0.39 is 19.7 Å². The van der Waals surface area contributed by atoms with Gasteiger partial charge < -0.3 is 14.5 Å². The molecule has 1 aliphatic rings. The molecular weight excluding hydrogens is 510 g/mol. The molecule has 4 rings (SSSR count). The van der Waals surface area contributed by atoms with E-state index >= 15 is 0 Å². The van der Waals surface area contributed by atoms with Crippen LogP contribution in [-0.2, 0) is 24.5 Å². The lowest BCUT2D eigenvalue weighted by Crippen LogP contribution is -2.48. The van der Waals surface area contributed by atoms with Gasteiger partial charge in [-0.15, -0.1) is 0 Å². The second-order valence-corrected chi connectivity index (χ2v) is 13.5. The molecule has 1 fully saturated rings. The summed E-state index contributed by atoms with van der Waals surface area (Å²) < 4.78 is 54.5. The molecule has 1 amide bonds. The lowest BCUT2D eigenvalue weighted by molar-refractivity contribution is -0.131. The van der Waals surface area contributed by atoms with Gasteiger partial charge in [-0.25, -0.2) is 21.8 Å². The van der Waals surface area contributed by atoms with Crippen molar-refractivity contribution in [3.8, 4) is 5.75 Å². The number of aromatic nitrogens is 1. The van der Waals surface area contributed by atoms with E-state index in [0.717, 1.165) is 15.3 Å². The van der Waals surface area contributed by atoms with Crippen LogP contribution in [0.1, 0.15) is 12.8 Å². The molecule has 1 saturated heterocycles. The number of anilines is 1. The van der Waals surface area contributed by atoms with Crippen LogP contribution in [0.3, 0.4) is 0 Å². The van der Waals surface area contributed by atoms with Crippen LogP contribution in [-0.4, -0.2) is 77.9 Å². The maximum absolute atomic E-state index is 12.6. The van der Waals surface area contributed by atoms with Crippen molar-refractivity contribution in [1.82, 2.24) is 9.88 Å². The summed E-state index contributed by atoms with van der Waals surface area (Å²) in [6.07, 6.45) is 1.61. The smallest absolute Gasteiger partial charge is 0.222 e. The van der Waals surface area contributed by atoms with E-state index in [4.69, 9.17) is 4.74 Å². The highest BCUT2D eigenvalue weighted by atomic mass is 32.2. The molecular formula is C23H27N3O6S3. The molecule has 0 N–H and O–H groups in total. The molecule has 0 bridgehead atoms. The van der Waals surface area contributed by atoms with Gasteiger partial charge in [-0.05, 0) is 48.9 Å². The first-order chi connectivity index (χ1) is 16.6. The number of amides is 1. The van der Waals surface area contributed by atoms with E-state index in [1.807, 2.05) is 0 Å². The Bertz CT molecular complexity index is 1420. The fourth-order valence-electron chi connectivity index (χ4n) is 3.88. The Morgan fingerprint density at radius 2 is 1.66 bits per heavy atom. The van der Waals surface area contributed by atoms with Crippen LogP contribution in [0.4, 0.5) is 5.13 Å². The standard InChI is InChI=1S/C23H27N3O6S3/c1-32-17-5-7-18(8-6-17)35(30,31)15-3-4-22(27)25-11-13-26(14-12-25)23-24-20-10-9-19(34(2,28)29)16-21(20)33-23/h5-10,16H,3-4,11-15H2,1-2H3. The number of hydrogen-bond donors (Lipinski definition) is 0. The van der Waals surface area contributed by atoms with Gasteiger partial charge in [-0.3, -0.25) is 4.79 Å². The first-order valence-corrected chi connectivity index (χ1v) is 15.4. The van der Waals surface area contributed by atoms with Gasteiger partial charge >= 0.3 is 0 Å². The molecule has 0 saturated carbocycles. The van der Waals surface area contributed by atoms with E-state index in [2.05, 4.69) is 9.88 Å². The zero-order valence-corrected chi connectivity index (χ0v) is 22.0. The van der Waals surface area contributed by atoms with Gasteiger partial charge in [0.1, 0.15) is 5.75 Å². The van der Waals surface area contributed by atoms with E-state index in [-0.39, 0.29) is 34.3 Å². The average molecular weight is 538 g/mol. The number of sulfone groups is 2. The minimum absolute atomic E-state index is 0.0586.